The molecule has 6 nitrogen and oxygen atoms in total. The second kappa shape index (κ2) is 6.51. The predicted molar refractivity (Wildman–Crippen MR) is 73.8 cm³/mol. The molecule has 0 aliphatic heterocycles. The Morgan fingerprint density at radius 1 is 1.40 bits per heavy atom. The Morgan fingerprint density at radius 3 is 2.80 bits per heavy atom. The molecule has 2 aromatic rings. The third-order valence-electron chi connectivity index (χ3n) is 2.61. The molecule has 1 heterocycles. The van der Waals surface area contributed by atoms with E-state index in [1.165, 1.54) is 0 Å². The Bertz CT molecular complexity index is 590. The van der Waals surface area contributed by atoms with E-state index in [-0.39, 0.29) is 5.91 Å². The Balaban J connectivity index is 2.04. The predicted octanol–water partition coefficient (Wildman–Crippen LogP) is 2.45. The lowest BCUT2D eigenvalue weighted by molar-refractivity contribution is 0.102. The zero-order valence-corrected chi connectivity index (χ0v) is 11.1. The van der Waals surface area contributed by atoms with Gasteiger partial charge in [0, 0.05) is 5.56 Å². The first-order valence-electron chi connectivity index (χ1n) is 6.21. The summed E-state index contributed by atoms with van der Waals surface area (Å²) in [6.45, 7) is 5.90. The average molecular weight is 273 g/mol. The second-order valence-corrected chi connectivity index (χ2v) is 3.99. The summed E-state index contributed by atoms with van der Waals surface area (Å²) >= 11 is 0. The van der Waals surface area contributed by atoms with Gasteiger partial charge in [-0.15, -0.1) is 0 Å². The SMILES string of the molecule is C=CCOc1ccc(C(=O)Nc2nonc2CC)cc1. The Morgan fingerprint density at radius 2 is 2.15 bits per heavy atom. The van der Waals surface area contributed by atoms with Gasteiger partial charge in [-0.3, -0.25) is 4.79 Å². The highest BCUT2D eigenvalue weighted by molar-refractivity contribution is 6.04. The lowest BCUT2D eigenvalue weighted by Crippen LogP contribution is -2.13. The summed E-state index contributed by atoms with van der Waals surface area (Å²) in [5.41, 5.74) is 1.12. The van der Waals surface area contributed by atoms with Crippen molar-refractivity contribution in [2.45, 2.75) is 13.3 Å². The first-order chi connectivity index (χ1) is 9.74. The van der Waals surface area contributed by atoms with Gasteiger partial charge in [-0.25, -0.2) is 4.63 Å². The van der Waals surface area contributed by atoms with Crippen LogP contribution in [0.25, 0.3) is 0 Å². The van der Waals surface area contributed by atoms with Crippen molar-refractivity contribution in [2.24, 2.45) is 0 Å². The molecule has 0 radical (unpaired) electrons. The van der Waals surface area contributed by atoms with Gasteiger partial charge < -0.3 is 10.1 Å². The van der Waals surface area contributed by atoms with E-state index in [0.717, 1.165) is 0 Å². The molecule has 1 aromatic carbocycles. The molecule has 0 aliphatic rings. The Hall–Kier alpha value is -2.63. The molecular formula is C14H15N3O3. The number of carbonyl (C=O) groups excluding carboxylic acids is 1. The number of amides is 1. The summed E-state index contributed by atoms with van der Waals surface area (Å²) in [4.78, 5) is 12.0. The van der Waals surface area contributed by atoms with Crippen LogP contribution >= 0.6 is 0 Å². The molecular weight excluding hydrogens is 258 g/mol. The van der Waals surface area contributed by atoms with E-state index in [1.807, 2.05) is 6.92 Å². The summed E-state index contributed by atoms with van der Waals surface area (Å²) in [5, 5.41) is 10.0. The van der Waals surface area contributed by atoms with Gasteiger partial charge in [0.1, 0.15) is 18.1 Å². The number of rotatable bonds is 6. The number of nitrogens with one attached hydrogen (secondary N) is 1. The quantitative estimate of drug-likeness (QED) is 0.818. The number of carbonyl (C=O) groups is 1. The lowest BCUT2D eigenvalue weighted by Gasteiger charge is -2.05. The van der Waals surface area contributed by atoms with E-state index >= 15 is 0 Å². The van der Waals surface area contributed by atoms with Gasteiger partial charge in [-0.1, -0.05) is 24.7 Å². The molecule has 2 rings (SSSR count). The minimum Gasteiger partial charge on any atom is -0.490 e. The smallest absolute Gasteiger partial charge is 0.256 e. The number of hydrogen-bond donors (Lipinski definition) is 1. The minimum absolute atomic E-state index is 0.273. The van der Waals surface area contributed by atoms with Crippen molar-refractivity contribution >= 4 is 11.7 Å². The monoisotopic (exact) mass is 273 g/mol. The molecule has 0 saturated carbocycles. The van der Waals surface area contributed by atoms with Crippen molar-refractivity contribution < 1.29 is 14.2 Å². The van der Waals surface area contributed by atoms with Crippen LogP contribution in [0.15, 0.2) is 41.5 Å². The largest absolute Gasteiger partial charge is 0.490 e. The van der Waals surface area contributed by atoms with Gasteiger partial charge in [0.15, 0.2) is 0 Å². The van der Waals surface area contributed by atoms with E-state index in [2.05, 4.69) is 26.8 Å². The highest BCUT2D eigenvalue weighted by Gasteiger charge is 2.13. The molecule has 1 amide bonds. The summed E-state index contributed by atoms with van der Waals surface area (Å²) in [6.07, 6.45) is 2.29. The zero-order valence-electron chi connectivity index (χ0n) is 11.1. The maximum absolute atomic E-state index is 12.0. The van der Waals surface area contributed by atoms with Crippen molar-refractivity contribution in [3.8, 4) is 5.75 Å². The van der Waals surface area contributed by atoms with Crippen LogP contribution in [-0.4, -0.2) is 22.8 Å². The fourth-order valence-corrected chi connectivity index (χ4v) is 1.57. The highest BCUT2D eigenvalue weighted by atomic mass is 16.6. The molecule has 20 heavy (non-hydrogen) atoms. The lowest BCUT2D eigenvalue weighted by atomic mass is 10.2. The van der Waals surface area contributed by atoms with E-state index in [9.17, 15) is 4.79 Å². The number of hydrogen-bond acceptors (Lipinski definition) is 5. The van der Waals surface area contributed by atoms with Crippen molar-refractivity contribution in [3.05, 3.63) is 48.2 Å². The van der Waals surface area contributed by atoms with E-state index in [0.29, 0.717) is 35.9 Å². The van der Waals surface area contributed by atoms with E-state index < -0.39 is 0 Å². The number of aryl methyl sites for hydroxylation is 1. The third-order valence-corrected chi connectivity index (χ3v) is 2.61. The number of anilines is 1. The van der Waals surface area contributed by atoms with E-state index in [4.69, 9.17) is 4.74 Å². The van der Waals surface area contributed by atoms with Crippen molar-refractivity contribution in [3.63, 3.8) is 0 Å². The maximum atomic E-state index is 12.0. The molecule has 0 spiro atoms. The average Bonchev–Trinajstić information content (AvgIpc) is 2.92. The third kappa shape index (κ3) is 3.23. The summed E-state index contributed by atoms with van der Waals surface area (Å²) in [5.74, 6) is 0.758. The van der Waals surface area contributed by atoms with Crippen LogP contribution in [-0.2, 0) is 6.42 Å². The first kappa shape index (κ1) is 13.8. The van der Waals surface area contributed by atoms with Gasteiger partial charge in [0.25, 0.3) is 5.91 Å². The van der Waals surface area contributed by atoms with Crippen LogP contribution in [0.4, 0.5) is 5.82 Å². The normalized spacial score (nSPS) is 10.1. The standard InChI is InChI=1S/C14H15N3O3/c1-3-9-19-11-7-5-10(6-8-11)14(18)15-13-12(4-2)16-20-17-13/h3,5-8H,1,4,9H2,2H3,(H,15,17,18). The first-order valence-corrected chi connectivity index (χ1v) is 6.21. The zero-order chi connectivity index (χ0) is 14.4. The van der Waals surface area contributed by atoms with Gasteiger partial charge >= 0.3 is 0 Å². The van der Waals surface area contributed by atoms with Crippen LogP contribution < -0.4 is 10.1 Å². The van der Waals surface area contributed by atoms with Crippen LogP contribution in [0.2, 0.25) is 0 Å². The Labute approximate surface area is 116 Å². The van der Waals surface area contributed by atoms with Crippen molar-refractivity contribution in [2.75, 3.05) is 11.9 Å². The van der Waals surface area contributed by atoms with Crippen molar-refractivity contribution in [1.29, 1.82) is 0 Å². The van der Waals surface area contributed by atoms with Gasteiger partial charge in [0.2, 0.25) is 5.82 Å². The number of ether oxygens (including phenoxy) is 1. The highest BCUT2D eigenvalue weighted by Crippen LogP contribution is 2.15. The Kier molecular flexibility index (Phi) is 4.49. The number of aromatic nitrogens is 2. The molecule has 0 fully saturated rings. The number of nitrogens with zero attached hydrogens (tertiary/aromatic N) is 2. The molecule has 1 N–H and O–H groups in total. The molecule has 0 unspecified atom stereocenters. The molecule has 0 saturated heterocycles. The van der Waals surface area contributed by atoms with Gasteiger partial charge in [-0.05, 0) is 35.8 Å². The fraction of sp³-hybridized carbons (Fsp3) is 0.214. The minimum atomic E-state index is -0.273. The van der Waals surface area contributed by atoms with Crippen molar-refractivity contribution in [1.82, 2.24) is 10.3 Å². The summed E-state index contributed by atoms with van der Waals surface area (Å²) < 4.78 is 9.94. The molecule has 0 aliphatic carbocycles. The molecule has 0 bridgehead atoms. The molecule has 104 valence electrons. The van der Waals surface area contributed by atoms with Gasteiger partial charge in [-0.2, -0.15) is 0 Å². The number of benzene rings is 1. The summed E-state index contributed by atoms with van der Waals surface area (Å²) in [7, 11) is 0. The molecule has 0 atom stereocenters. The van der Waals surface area contributed by atoms with E-state index in [1.54, 1.807) is 30.3 Å². The van der Waals surface area contributed by atoms with Crippen LogP contribution in [0.5, 0.6) is 5.75 Å². The van der Waals surface area contributed by atoms with Gasteiger partial charge in [0.05, 0.1) is 0 Å². The van der Waals surface area contributed by atoms with Crippen LogP contribution in [0.3, 0.4) is 0 Å². The second-order valence-electron chi connectivity index (χ2n) is 3.99. The summed E-state index contributed by atoms with van der Waals surface area (Å²) in [6, 6.07) is 6.79. The molecule has 1 aromatic heterocycles. The maximum Gasteiger partial charge on any atom is 0.256 e. The van der Waals surface area contributed by atoms with Crippen LogP contribution in [0, 0.1) is 0 Å². The topological polar surface area (TPSA) is 77.2 Å². The fourth-order valence-electron chi connectivity index (χ4n) is 1.57. The van der Waals surface area contributed by atoms with Crippen LogP contribution in [0.1, 0.15) is 23.0 Å². The molecule has 6 heteroatoms.